The second-order valence-corrected chi connectivity index (χ2v) is 14.8. The SMILES string of the molecule is COc1ccc(-n2nc(S(C)(C)C)cc2NC(=O)Nc2ccc(Oc3ccnc(Nc4ccccc4)n3)c3ccccc23)cn1. The molecule has 0 fully saturated rings. The number of ether oxygens (including phenoxy) is 2. The molecule has 0 bridgehead atoms. The molecule has 2 amide bonds. The van der Waals surface area contributed by atoms with Crippen molar-refractivity contribution in [2.75, 3.05) is 41.8 Å². The average molecular weight is 621 g/mol. The molecule has 3 aromatic heterocycles. The van der Waals surface area contributed by atoms with E-state index in [2.05, 4.69) is 49.7 Å². The third-order valence-corrected chi connectivity index (χ3v) is 8.19. The van der Waals surface area contributed by atoms with Crippen molar-refractivity contribution in [2.24, 2.45) is 0 Å². The van der Waals surface area contributed by atoms with Gasteiger partial charge in [-0.1, -0.05) is 42.5 Å². The molecule has 3 aromatic carbocycles. The molecular formula is C33H32N8O3S. The van der Waals surface area contributed by atoms with Crippen LogP contribution < -0.4 is 25.4 Å². The monoisotopic (exact) mass is 620 g/mol. The van der Waals surface area contributed by atoms with E-state index < -0.39 is 16.1 Å². The van der Waals surface area contributed by atoms with Gasteiger partial charge in [0.05, 0.1) is 24.7 Å². The number of rotatable bonds is 9. The highest BCUT2D eigenvalue weighted by atomic mass is 32.3. The minimum absolute atomic E-state index is 0.380. The molecule has 0 radical (unpaired) electrons. The predicted octanol–water partition coefficient (Wildman–Crippen LogP) is 7.45. The minimum atomic E-state index is -1.17. The van der Waals surface area contributed by atoms with Gasteiger partial charge in [0, 0.05) is 40.9 Å². The molecule has 6 aromatic rings. The van der Waals surface area contributed by atoms with Crippen molar-refractivity contribution in [1.82, 2.24) is 24.7 Å². The number of nitrogens with zero attached hydrogens (tertiary/aromatic N) is 5. The van der Waals surface area contributed by atoms with Gasteiger partial charge in [0.25, 0.3) is 0 Å². The van der Waals surface area contributed by atoms with Crippen LogP contribution in [0.1, 0.15) is 0 Å². The molecule has 0 aliphatic rings. The topological polar surface area (TPSA) is 128 Å². The van der Waals surface area contributed by atoms with Gasteiger partial charge in [-0.25, -0.2) is 29.5 Å². The summed E-state index contributed by atoms with van der Waals surface area (Å²) in [6, 6.07) is 27.7. The number of carbonyl (C=O) groups excluding carboxylic acids is 1. The Morgan fingerprint density at radius 3 is 2.33 bits per heavy atom. The van der Waals surface area contributed by atoms with Gasteiger partial charge < -0.3 is 20.1 Å². The molecule has 3 heterocycles. The van der Waals surface area contributed by atoms with Crippen molar-refractivity contribution >= 4 is 50.0 Å². The molecule has 0 unspecified atom stereocenters. The largest absolute Gasteiger partial charge is 0.481 e. The van der Waals surface area contributed by atoms with Gasteiger partial charge in [0.2, 0.25) is 17.7 Å². The van der Waals surface area contributed by atoms with Crippen molar-refractivity contribution in [3.63, 3.8) is 0 Å². The number of hydrogen-bond donors (Lipinski definition) is 3. The molecule has 0 aliphatic heterocycles. The summed E-state index contributed by atoms with van der Waals surface area (Å²) in [7, 11) is 0.389. The second-order valence-electron chi connectivity index (χ2n) is 10.7. The zero-order valence-corrected chi connectivity index (χ0v) is 26.0. The van der Waals surface area contributed by atoms with Crippen LogP contribution >= 0.6 is 10.0 Å². The highest BCUT2D eigenvalue weighted by Gasteiger charge is 2.19. The Hall–Kier alpha value is -5.62. The number of anilines is 4. The molecule has 0 atom stereocenters. The van der Waals surface area contributed by atoms with E-state index in [1.54, 1.807) is 48.5 Å². The summed E-state index contributed by atoms with van der Waals surface area (Å²) >= 11 is 0. The Bertz CT molecular complexity index is 1960. The van der Waals surface area contributed by atoms with Crippen molar-refractivity contribution in [2.45, 2.75) is 5.03 Å². The average Bonchev–Trinajstić information content (AvgIpc) is 3.47. The van der Waals surface area contributed by atoms with Gasteiger partial charge in [-0.2, -0.15) is 10.1 Å². The molecule has 0 saturated heterocycles. The molecule has 228 valence electrons. The number of nitrogens with one attached hydrogen (secondary N) is 3. The van der Waals surface area contributed by atoms with E-state index in [9.17, 15) is 4.79 Å². The van der Waals surface area contributed by atoms with Crippen LogP contribution in [0.5, 0.6) is 17.5 Å². The van der Waals surface area contributed by atoms with E-state index in [0.717, 1.165) is 21.5 Å². The number of fused-ring (bicyclic) bond motifs is 1. The van der Waals surface area contributed by atoms with Gasteiger partial charge in [0.15, 0.2) is 0 Å². The summed E-state index contributed by atoms with van der Waals surface area (Å²) in [5.74, 6) is 2.39. The Morgan fingerprint density at radius 2 is 1.60 bits per heavy atom. The maximum Gasteiger partial charge on any atom is 0.324 e. The first-order valence-electron chi connectivity index (χ1n) is 14.0. The van der Waals surface area contributed by atoms with Crippen LogP contribution in [-0.4, -0.2) is 56.6 Å². The number of hydrogen-bond acceptors (Lipinski definition) is 8. The van der Waals surface area contributed by atoms with E-state index in [-0.39, 0.29) is 0 Å². The lowest BCUT2D eigenvalue weighted by Crippen LogP contribution is -2.21. The fraction of sp³-hybridized carbons (Fsp3) is 0.121. The predicted molar refractivity (Wildman–Crippen MR) is 180 cm³/mol. The van der Waals surface area contributed by atoms with Crippen molar-refractivity contribution in [1.29, 1.82) is 0 Å². The van der Waals surface area contributed by atoms with Gasteiger partial charge >= 0.3 is 6.03 Å². The lowest BCUT2D eigenvalue weighted by molar-refractivity contribution is 0.262. The molecule has 45 heavy (non-hydrogen) atoms. The van der Waals surface area contributed by atoms with Gasteiger partial charge in [-0.3, -0.25) is 5.32 Å². The number of amides is 2. The van der Waals surface area contributed by atoms with Crippen molar-refractivity contribution in [3.05, 3.63) is 103 Å². The summed E-state index contributed by atoms with van der Waals surface area (Å²) in [6.45, 7) is 0. The number of methoxy groups -OCH3 is 1. The fourth-order valence-corrected chi connectivity index (χ4v) is 5.32. The molecule has 3 N–H and O–H groups in total. The standard InChI is InChI=1S/C33H32N8O3S/c1-43-29-17-14-23(21-35-29)41-28(20-31(40-41)45(2,3)4)38-33(42)37-26-15-16-27(25-13-9-8-12-24(25)26)44-30-18-19-34-32(39-30)36-22-10-6-5-7-11-22/h5-21H,1-4H3,(H,34,36,39)(H2,37,38,42). The van der Waals surface area contributed by atoms with Crippen LogP contribution in [0.4, 0.5) is 27.9 Å². The van der Waals surface area contributed by atoms with E-state index in [0.29, 0.717) is 40.7 Å². The van der Waals surface area contributed by atoms with Crippen LogP contribution in [0, 0.1) is 0 Å². The molecule has 12 heteroatoms. The third-order valence-electron chi connectivity index (χ3n) is 6.74. The Kier molecular flexibility index (Phi) is 8.21. The lowest BCUT2D eigenvalue weighted by Gasteiger charge is -2.21. The smallest absolute Gasteiger partial charge is 0.324 e. The van der Waals surface area contributed by atoms with Crippen LogP contribution in [-0.2, 0) is 0 Å². The summed E-state index contributed by atoms with van der Waals surface area (Å²) in [6.07, 6.45) is 9.73. The van der Waals surface area contributed by atoms with E-state index in [1.165, 1.54) is 0 Å². The first-order valence-corrected chi connectivity index (χ1v) is 16.8. The quantitative estimate of drug-likeness (QED) is 0.152. The van der Waals surface area contributed by atoms with Gasteiger partial charge in [0.1, 0.15) is 16.6 Å². The number of urea groups is 1. The normalized spacial score (nSPS) is 11.6. The van der Waals surface area contributed by atoms with Gasteiger partial charge in [-0.05, 0) is 49.1 Å². The van der Waals surface area contributed by atoms with Gasteiger partial charge in [-0.15, -0.1) is 0 Å². The van der Waals surface area contributed by atoms with Crippen molar-refractivity contribution < 1.29 is 14.3 Å². The molecule has 0 spiro atoms. The van der Waals surface area contributed by atoms with E-state index in [1.807, 2.05) is 66.7 Å². The number of benzene rings is 3. The van der Waals surface area contributed by atoms with Crippen LogP contribution in [0.15, 0.2) is 108 Å². The first kappa shape index (κ1) is 29.5. The molecule has 6 rings (SSSR count). The minimum Gasteiger partial charge on any atom is -0.481 e. The zero-order chi connectivity index (χ0) is 31.4. The van der Waals surface area contributed by atoms with Crippen LogP contribution in [0.3, 0.4) is 0 Å². The summed E-state index contributed by atoms with van der Waals surface area (Å²) in [4.78, 5) is 26.5. The molecule has 11 nitrogen and oxygen atoms in total. The Morgan fingerprint density at radius 1 is 0.822 bits per heavy atom. The van der Waals surface area contributed by atoms with Crippen LogP contribution in [0.2, 0.25) is 0 Å². The Balaban J connectivity index is 1.23. The third kappa shape index (κ3) is 6.81. The lowest BCUT2D eigenvalue weighted by atomic mass is 10.1. The number of aromatic nitrogens is 5. The maximum atomic E-state index is 13.4. The highest BCUT2D eigenvalue weighted by Crippen LogP contribution is 2.45. The molecule has 0 aliphatic carbocycles. The highest BCUT2D eigenvalue weighted by molar-refractivity contribution is 8.32. The van der Waals surface area contributed by atoms with Crippen molar-refractivity contribution in [3.8, 4) is 23.2 Å². The number of para-hydroxylation sites is 1. The number of carbonyl (C=O) groups is 1. The maximum absolute atomic E-state index is 13.4. The van der Waals surface area contributed by atoms with E-state index in [4.69, 9.17) is 14.6 Å². The summed E-state index contributed by atoms with van der Waals surface area (Å²) in [5.41, 5.74) is 2.18. The van der Waals surface area contributed by atoms with Crippen LogP contribution in [0.25, 0.3) is 16.5 Å². The molecular weight excluding hydrogens is 588 g/mol. The fourth-order valence-electron chi connectivity index (χ4n) is 4.52. The zero-order valence-electron chi connectivity index (χ0n) is 25.2. The van der Waals surface area contributed by atoms with E-state index >= 15 is 0 Å². The number of pyridine rings is 1. The summed E-state index contributed by atoms with van der Waals surface area (Å²) < 4.78 is 13.1. The molecule has 0 saturated carbocycles. The first-order chi connectivity index (χ1) is 21.8. The summed E-state index contributed by atoms with van der Waals surface area (Å²) in [5, 5.41) is 16.4. The Labute approximate surface area is 262 Å². The second kappa shape index (κ2) is 12.5.